The second-order valence-electron chi connectivity index (χ2n) is 3.46. The minimum atomic E-state index is -1.52. The van der Waals surface area contributed by atoms with Gasteiger partial charge in [-0.2, -0.15) is 0 Å². The molecule has 0 heterocycles. The van der Waals surface area contributed by atoms with Gasteiger partial charge in [0.25, 0.3) is 0 Å². The van der Waals surface area contributed by atoms with Crippen molar-refractivity contribution < 1.29 is 23.5 Å². The molecule has 16 heavy (non-hydrogen) atoms. The van der Waals surface area contributed by atoms with E-state index in [0.29, 0.717) is 12.4 Å². The molecule has 0 aromatic heterocycles. The number of carboxylic acids is 1. The highest BCUT2D eigenvalue weighted by Gasteiger charge is 2.18. The van der Waals surface area contributed by atoms with Gasteiger partial charge in [-0.25, -0.2) is 13.6 Å². The van der Waals surface area contributed by atoms with Crippen LogP contribution < -0.4 is 0 Å². The minimum absolute atomic E-state index is 0.00889. The number of carbonyl (C=O) groups excluding carboxylic acids is 1. The Balaban J connectivity index is 3.19. The zero-order chi connectivity index (χ0) is 12.3. The fraction of sp³-hybridized carbons (Fsp3) is 0.273. The summed E-state index contributed by atoms with van der Waals surface area (Å²) in [6.07, 6.45) is 0.663. The first kappa shape index (κ1) is 12.3. The lowest BCUT2D eigenvalue weighted by molar-refractivity contribution is -0.108. The van der Waals surface area contributed by atoms with Gasteiger partial charge in [0, 0.05) is 6.42 Å². The van der Waals surface area contributed by atoms with Crippen molar-refractivity contribution >= 4 is 12.3 Å². The molecule has 0 bridgehead atoms. The van der Waals surface area contributed by atoms with Gasteiger partial charge in [-0.1, -0.05) is 6.92 Å². The highest BCUT2D eigenvalue weighted by molar-refractivity contribution is 5.88. The maximum absolute atomic E-state index is 13.4. The summed E-state index contributed by atoms with van der Waals surface area (Å²) in [7, 11) is 0. The average Bonchev–Trinajstić information content (AvgIpc) is 2.20. The zero-order valence-electron chi connectivity index (χ0n) is 8.54. The second kappa shape index (κ2) is 4.83. The Morgan fingerprint density at radius 1 is 1.44 bits per heavy atom. The molecule has 1 atom stereocenters. The number of aldehydes is 1. The van der Waals surface area contributed by atoms with E-state index < -0.39 is 29.1 Å². The number of rotatable bonds is 4. The van der Waals surface area contributed by atoms with Crippen LogP contribution in [-0.4, -0.2) is 17.4 Å². The Bertz CT molecular complexity index is 429. The van der Waals surface area contributed by atoms with Gasteiger partial charge in [0.15, 0.2) is 0 Å². The van der Waals surface area contributed by atoms with Gasteiger partial charge in [-0.15, -0.1) is 0 Å². The van der Waals surface area contributed by atoms with Crippen molar-refractivity contribution in [2.45, 2.75) is 19.3 Å². The second-order valence-corrected chi connectivity index (χ2v) is 3.46. The smallest absolute Gasteiger partial charge is 0.338 e. The van der Waals surface area contributed by atoms with E-state index in [0.717, 1.165) is 6.07 Å². The zero-order valence-corrected chi connectivity index (χ0v) is 8.54. The summed E-state index contributed by atoms with van der Waals surface area (Å²) in [6, 6.07) is 1.46. The van der Waals surface area contributed by atoms with Crippen molar-refractivity contribution in [2.75, 3.05) is 0 Å². The van der Waals surface area contributed by atoms with E-state index >= 15 is 0 Å². The number of carboxylic acid groups (broad SMARTS) is 1. The van der Waals surface area contributed by atoms with E-state index in [2.05, 4.69) is 0 Å². The molecule has 86 valence electrons. The molecule has 0 saturated carbocycles. The van der Waals surface area contributed by atoms with Crippen molar-refractivity contribution in [3.63, 3.8) is 0 Å². The van der Waals surface area contributed by atoms with Crippen LogP contribution in [0.25, 0.3) is 0 Å². The molecular formula is C11H10F2O3. The lowest BCUT2D eigenvalue weighted by Crippen LogP contribution is -2.06. The SMILES string of the molecule is CC(CC=O)c1cc(F)c(C(=O)O)cc1F. The summed E-state index contributed by atoms with van der Waals surface area (Å²) >= 11 is 0. The molecule has 1 unspecified atom stereocenters. The van der Waals surface area contributed by atoms with Crippen LogP contribution in [0.15, 0.2) is 12.1 Å². The molecule has 0 aliphatic carbocycles. The van der Waals surface area contributed by atoms with Crippen LogP contribution in [-0.2, 0) is 4.79 Å². The van der Waals surface area contributed by atoms with Crippen LogP contribution in [0.3, 0.4) is 0 Å². The third-order valence-electron chi connectivity index (χ3n) is 2.30. The number of hydrogen-bond donors (Lipinski definition) is 1. The average molecular weight is 228 g/mol. The molecule has 0 aliphatic rings. The monoisotopic (exact) mass is 228 g/mol. The van der Waals surface area contributed by atoms with E-state index in [-0.39, 0.29) is 12.0 Å². The number of aromatic carboxylic acids is 1. The normalized spacial score (nSPS) is 12.2. The molecule has 0 saturated heterocycles. The molecule has 0 fully saturated rings. The highest BCUT2D eigenvalue weighted by atomic mass is 19.1. The van der Waals surface area contributed by atoms with Crippen molar-refractivity contribution in [2.24, 2.45) is 0 Å². The van der Waals surface area contributed by atoms with Crippen molar-refractivity contribution in [1.82, 2.24) is 0 Å². The molecule has 1 aromatic carbocycles. The van der Waals surface area contributed by atoms with Gasteiger partial charge in [-0.05, 0) is 23.6 Å². The Labute approximate surface area is 90.7 Å². The summed E-state index contributed by atoms with van der Waals surface area (Å²) in [5.41, 5.74) is -0.700. The van der Waals surface area contributed by atoms with Crippen molar-refractivity contribution in [1.29, 1.82) is 0 Å². The lowest BCUT2D eigenvalue weighted by atomic mass is 9.96. The third kappa shape index (κ3) is 2.42. The summed E-state index contributed by atoms with van der Waals surface area (Å²) in [6.45, 7) is 1.56. The molecule has 5 heteroatoms. The first-order valence-electron chi connectivity index (χ1n) is 4.63. The van der Waals surface area contributed by atoms with Crippen LogP contribution in [0.5, 0.6) is 0 Å². The summed E-state index contributed by atoms with van der Waals surface area (Å²) in [5, 5.41) is 8.56. The van der Waals surface area contributed by atoms with Gasteiger partial charge >= 0.3 is 5.97 Å². The van der Waals surface area contributed by atoms with E-state index in [4.69, 9.17) is 5.11 Å². The van der Waals surface area contributed by atoms with Crippen LogP contribution in [0, 0.1) is 11.6 Å². The first-order valence-corrected chi connectivity index (χ1v) is 4.63. The quantitative estimate of drug-likeness (QED) is 0.805. The Morgan fingerprint density at radius 3 is 2.56 bits per heavy atom. The molecule has 1 aromatic rings. The summed E-state index contributed by atoms with van der Waals surface area (Å²) in [5.74, 6) is -3.81. The van der Waals surface area contributed by atoms with Gasteiger partial charge < -0.3 is 9.90 Å². The van der Waals surface area contributed by atoms with E-state index in [1.807, 2.05) is 0 Å². The molecule has 0 spiro atoms. The van der Waals surface area contributed by atoms with Crippen LogP contribution in [0.2, 0.25) is 0 Å². The van der Waals surface area contributed by atoms with E-state index in [1.165, 1.54) is 0 Å². The standard InChI is InChI=1S/C11H10F2O3/c1-6(2-3-14)7-4-10(13)8(11(15)16)5-9(7)12/h3-6H,2H2,1H3,(H,15,16). The fourth-order valence-electron chi connectivity index (χ4n) is 1.38. The van der Waals surface area contributed by atoms with Crippen LogP contribution in [0.1, 0.15) is 35.2 Å². The number of carbonyl (C=O) groups is 2. The summed E-state index contributed by atoms with van der Waals surface area (Å²) < 4.78 is 26.7. The maximum Gasteiger partial charge on any atom is 0.338 e. The number of benzene rings is 1. The van der Waals surface area contributed by atoms with Gasteiger partial charge in [-0.3, -0.25) is 0 Å². The van der Waals surface area contributed by atoms with Gasteiger partial charge in [0.05, 0.1) is 5.56 Å². The molecule has 0 radical (unpaired) electrons. The molecule has 3 nitrogen and oxygen atoms in total. The largest absolute Gasteiger partial charge is 0.478 e. The highest BCUT2D eigenvalue weighted by Crippen LogP contribution is 2.24. The van der Waals surface area contributed by atoms with Crippen LogP contribution in [0.4, 0.5) is 8.78 Å². The topological polar surface area (TPSA) is 54.4 Å². The maximum atomic E-state index is 13.4. The lowest BCUT2D eigenvalue weighted by Gasteiger charge is -2.10. The van der Waals surface area contributed by atoms with Gasteiger partial charge in [0.1, 0.15) is 17.9 Å². The number of hydrogen-bond acceptors (Lipinski definition) is 2. The molecule has 0 amide bonds. The molecular weight excluding hydrogens is 218 g/mol. The molecule has 0 aliphatic heterocycles. The van der Waals surface area contributed by atoms with Gasteiger partial charge in [0.2, 0.25) is 0 Å². The predicted octanol–water partition coefficient (Wildman–Crippen LogP) is 2.36. The van der Waals surface area contributed by atoms with E-state index in [1.54, 1.807) is 6.92 Å². The summed E-state index contributed by atoms with van der Waals surface area (Å²) in [4.78, 5) is 20.8. The van der Waals surface area contributed by atoms with Crippen LogP contribution >= 0.6 is 0 Å². The third-order valence-corrected chi connectivity index (χ3v) is 2.30. The Morgan fingerprint density at radius 2 is 2.06 bits per heavy atom. The predicted molar refractivity (Wildman–Crippen MR) is 52.4 cm³/mol. The Hall–Kier alpha value is -1.78. The van der Waals surface area contributed by atoms with Crippen molar-refractivity contribution in [3.05, 3.63) is 34.9 Å². The van der Waals surface area contributed by atoms with Crippen molar-refractivity contribution in [3.8, 4) is 0 Å². The number of halogens is 2. The van der Waals surface area contributed by atoms with E-state index in [9.17, 15) is 18.4 Å². The minimum Gasteiger partial charge on any atom is -0.478 e. The fourth-order valence-corrected chi connectivity index (χ4v) is 1.38. The molecule has 1 N–H and O–H groups in total. The first-order chi connectivity index (χ1) is 7.47. The molecule has 1 rings (SSSR count). The Kier molecular flexibility index (Phi) is 3.71.